The molecule has 10 heteroatoms. The number of nitrogens with one attached hydrogen (secondary N) is 3. The maximum absolute atomic E-state index is 12.6. The van der Waals surface area contributed by atoms with E-state index in [-0.39, 0.29) is 11.8 Å². The highest BCUT2D eigenvalue weighted by Crippen LogP contribution is 2.07. The van der Waals surface area contributed by atoms with Gasteiger partial charge in [-0.3, -0.25) is 19.2 Å². The van der Waals surface area contributed by atoms with E-state index < -0.39 is 54.0 Å². The Morgan fingerprint density at radius 2 is 1.29 bits per heavy atom. The number of carbonyl (C=O) groups excluding carboxylic acids is 3. The van der Waals surface area contributed by atoms with E-state index in [0.717, 1.165) is 0 Å². The second kappa shape index (κ2) is 11.6. The van der Waals surface area contributed by atoms with E-state index in [4.69, 9.17) is 10.8 Å². The molecule has 0 bridgehead atoms. The highest BCUT2D eigenvalue weighted by atomic mass is 16.4. The summed E-state index contributed by atoms with van der Waals surface area (Å²) in [6.07, 6.45) is -0.832. The normalized spacial score (nSPS) is 16.6. The van der Waals surface area contributed by atoms with Crippen molar-refractivity contribution < 1.29 is 29.4 Å². The largest absolute Gasteiger partial charge is 0.480 e. The van der Waals surface area contributed by atoms with Crippen LogP contribution in [-0.2, 0) is 19.2 Å². The van der Waals surface area contributed by atoms with E-state index >= 15 is 0 Å². The van der Waals surface area contributed by atoms with Crippen LogP contribution in [0.2, 0.25) is 0 Å². The Labute approximate surface area is 165 Å². The van der Waals surface area contributed by atoms with Gasteiger partial charge in [0.25, 0.3) is 0 Å². The van der Waals surface area contributed by atoms with E-state index in [1.807, 2.05) is 13.8 Å². The molecule has 0 saturated heterocycles. The van der Waals surface area contributed by atoms with Crippen LogP contribution >= 0.6 is 0 Å². The number of aliphatic carboxylic acids is 1. The molecule has 0 aromatic rings. The Hall–Kier alpha value is -2.20. The summed E-state index contributed by atoms with van der Waals surface area (Å²) in [5, 5.41) is 25.9. The van der Waals surface area contributed by atoms with Gasteiger partial charge in [-0.05, 0) is 32.1 Å². The van der Waals surface area contributed by atoms with Gasteiger partial charge in [0, 0.05) is 0 Å². The topological polar surface area (TPSA) is 171 Å². The van der Waals surface area contributed by atoms with Gasteiger partial charge < -0.3 is 31.9 Å². The Kier molecular flexibility index (Phi) is 10.7. The lowest BCUT2D eigenvalue weighted by molar-refractivity contribution is -0.142. The van der Waals surface area contributed by atoms with Crippen molar-refractivity contribution in [1.29, 1.82) is 0 Å². The van der Waals surface area contributed by atoms with Crippen molar-refractivity contribution in [3.63, 3.8) is 0 Å². The lowest BCUT2D eigenvalue weighted by atomic mass is 10.00. The monoisotopic (exact) mass is 402 g/mol. The van der Waals surface area contributed by atoms with Crippen LogP contribution in [0.3, 0.4) is 0 Å². The van der Waals surface area contributed by atoms with E-state index in [1.54, 1.807) is 13.8 Å². The summed E-state index contributed by atoms with van der Waals surface area (Å²) in [7, 11) is 0. The molecule has 0 spiro atoms. The SMILES string of the molecule is CC(C)CC(N)C(=O)NC(C(=O)NC(C(=O)NC(C)C(=O)O)C(C)O)C(C)C. The second-order valence-electron chi connectivity index (χ2n) is 7.76. The van der Waals surface area contributed by atoms with Crippen LogP contribution in [0.4, 0.5) is 0 Å². The summed E-state index contributed by atoms with van der Waals surface area (Å²) in [5.41, 5.74) is 5.84. The van der Waals surface area contributed by atoms with Crippen LogP contribution in [-0.4, -0.2) is 64.2 Å². The first kappa shape index (κ1) is 25.8. The van der Waals surface area contributed by atoms with Gasteiger partial charge in [0.15, 0.2) is 0 Å². The molecule has 5 unspecified atom stereocenters. The van der Waals surface area contributed by atoms with Gasteiger partial charge in [0.2, 0.25) is 17.7 Å². The molecule has 0 radical (unpaired) electrons. The minimum atomic E-state index is -1.38. The molecule has 0 rings (SSSR count). The van der Waals surface area contributed by atoms with Crippen LogP contribution in [0.1, 0.15) is 48.0 Å². The minimum absolute atomic E-state index is 0.201. The summed E-state index contributed by atoms with van der Waals surface area (Å²) in [6, 6.07) is -4.32. The van der Waals surface area contributed by atoms with Crippen LogP contribution in [0.5, 0.6) is 0 Å². The van der Waals surface area contributed by atoms with Crippen molar-refractivity contribution in [2.75, 3.05) is 0 Å². The maximum atomic E-state index is 12.6. The summed E-state index contributed by atoms with van der Waals surface area (Å²) < 4.78 is 0. The molecule has 28 heavy (non-hydrogen) atoms. The number of nitrogens with two attached hydrogens (primary N) is 1. The lowest BCUT2D eigenvalue weighted by Gasteiger charge is -2.28. The minimum Gasteiger partial charge on any atom is -0.480 e. The summed E-state index contributed by atoms with van der Waals surface area (Å²) in [6.45, 7) is 9.81. The third-order valence-corrected chi connectivity index (χ3v) is 4.10. The number of carboxylic acids is 1. The average Bonchev–Trinajstić information content (AvgIpc) is 2.55. The van der Waals surface area contributed by atoms with Crippen molar-refractivity contribution >= 4 is 23.7 Å². The third kappa shape index (κ3) is 8.66. The molecule has 5 atom stereocenters. The van der Waals surface area contributed by atoms with Gasteiger partial charge in [-0.25, -0.2) is 0 Å². The van der Waals surface area contributed by atoms with Gasteiger partial charge in [0.05, 0.1) is 12.1 Å². The van der Waals surface area contributed by atoms with Crippen molar-refractivity contribution in [2.24, 2.45) is 17.6 Å². The fraction of sp³-hybridized carbons (Fsp3) is 0.778. The molecule has 3 amide bonds. The molecule has 0 aliphatic carbocycles. The number of hydrogen-bond acceptors (Lipinski definition) is 6. The first-order valence-electron chi connectivity index (χ1n) is 9.35. The number of rotatable bonds is 11. The fourth-order valence-electron chi connectivity index (χ4n) is 2.42. The summed E-state index contributed by atoms with van der Waals surface area (Å²) in [5.74, 6) is -3.37. The molecule has 0 heterocycles. The van der Waals surface area contributed by atoms with Crippen LogP contribution in [0, 0.1) is 11.8 Å². The Balaban J connectivity index is 5.19. The molecule has 0 fully saturated rings. The second-order valence-corrected chi connectivity index (χ2v) is 7.76. The zero-order valence-electron chi connectivity index (χ0n) is 17.4. The number of carboxylic acid groups (broad SMARTS) is 1. The smallest absolute Gasteiger partial charge is 0.325 e. The molecule has 162 valence electrons. The zero-order chi connectivity index (χ0) is 22.2. The summed E-state index contributed by atoms with van der Waals surface area (Å²) >= 11 is 0. The first-order valence-corrected chi connectivity index (χ1v) is 9.35. The van der Waals surface area contributed by atoms with Gasteiger partial charge in [0.1, 0.15) is 18.1 Å². The van der Waals surface area contributed by atoms with Crippen LogP contribution in [0.15, 0.2) is 0 Å². The number of amides is 3. The highest BCUT2D eigenvalue weighted by Gasteiger charge is 2.33. The Bertz CT molecular complexity index is 564. The Morgan fingerprint density at radius 3 is 1.68 bits per heavy atom. The molecular formula is C18H34N4O6. The quantitative estimate of drug-likeness (QED) is 0.256. The third-order valence-electron chi connectivity index (χ3n) is 4.10. The molecule has 0 aromatic carbocycles. The molecule has 0 aliphatic heterocycles. The van der Waals surface area contributed by atoms with Gasteiger partial charge in [-0.1, -0.05) is 27.7 Å². The van der Waals surface area contributed by atoms with Gasteiger partial charge in [-0.15, -0.1) is 0 Å². The van der Waals surface area contributed by atoms with Gasteiger partial charge in [-0.2, -0.15) is 0 Å². The van der Waals surface area contributed by atoms with E-state index in [1.165, 1.54) is 13.8 Å². The van der Waals surface area contributed by atoms with E-state index in [0.29, 0.717) is 6.42 Å². The fourth-order valence-corrected chi connectivity index (χ4v) is 2.42. The maximum Gasteiger partial charge on any atom is 0.325 e. The van der Waals surface area contributed by atoms with Gasteiger partial charge >= 0.3 is 5.97 Å². The van der Waals surface area contributed by atoms with Crippen molar-refractivity contribution in [1.82, 2.24) is 16.0 Å². The first-order chi connectivity index (χ1) is 12.8. The predicted molar refractivity (Wildman–Crippen MR) is 103 cm³/mol. The molecule has 0 aliphatic rings. The van der Waals surface area contributed by atoms with Crippen molar-refractivity contribution in [3.8, 4) is 0 Å². The predicted octanol–water partition coefficient (Wildman–Crippen LogP) is -1.04. The number of carbonyl (C=O) groups is 4. The van der Waals surface area contributed by atoms with Crippen LogP contribution < -0.4 is 21.7 Å². The molecule has 0 saturated carbocycles. The molecule has 0 aromatic heterocycles. The Morgan fingerprint density at radius 1 is 0.821 bits per heavy atom. The molecule has 7 N–H and O–H groups in total. The standard InChI is InChI=1S/C18H34N4O6/c1-8(2)7-12(19)15(24)21-13(9(3)4)16(25)22-14(11(6)23)17(26)20-10(5)18(27)28/h8-14,23H,7,19H2,1-6H3,(H,20,26)(H,21,24)(H,22,25)(H,27,28). The average molecular weight is 402 g/mol. The van der Waals surface area contributed by atoms with E-state index in [2.05, 4.69) is 16.0 Å². The molecular weight excluding hydrogens is 368 g/mol. The van der Waals surface area contributed by atoms with E-state index in [9.17, 15) is 24.3 Å². The van der Waals surface area contributed by atoms with Crippen LogP contribution in [0.25, 0.3) is 0 Å². The number of aliphatic hydroxyl groups is 1. The number of aliphatic hydroxyl groups excluding tert-OH is 1. The molecule has 10 nitrogen and oxygen atoms in total. The highest BCUT2D eigenvalue weighted by molar-refractivity contribution is 5.94. The van der Waals surface area contributed by atoms with Crippen molar-refractivity contribution in [3.05, 3.63) is 0 Å². The number of hydrogen-bond donors (Lipinski definition) is 6. The van der Waals surface area contributed by atoms with Crippen molar-refractivity contribution in [2.45, 2.75) is 78.2 Å². The lowest BCUT2D eigenvalue weighted by Crippen LogP contribution is -2.60. The summed E-state index contributed by atoms with van der Waals surface area (Å²) in [4.78, 5) is 48.0. The zero-order valence-corrected chi connectivity index (χ0v) is 17.4.